The van der Waals surface area contributed by atoms with Crippen LogP contribution in [0.4, 0.5) is 0 Å². The van der Waals surface area contributed by atoms with Crippen molar-refractivity contribution in [2.45, 2.75) is 0 Å². The highest BCUT2D eigenvalue weighted by atomic mass is 79.9. The maximum atomic E-state index is 8.71. The average molecular weight is 307 g/mol. The van der Waals surface area contributed by atoms with Crippen LogP contribution in [0, 0.1) is 22.7 Å². The molecule has 1 aromatic carbocycles. The molecular formula is C13H11BrN2O2. The van der Waals surface area contributed by atoms with Gasteiger partial charge in [-0.2, -0.15) is 10.5 Å². The van der Waals surface area contributed by atoms with Crippen molar-refractivity contribution < 1.29 is 9.47 Å². The second-order valence-corrected chi connectivity index (χ2v) is 4.02. The number of halogens is 1. The first-order chi connectivity index (χ1) is 8.74. The van der Waals surface area contributed by atoms with Gasteiger partial charge in [0.15, 0.2) is 0 Å². The Morgan fingerprint density at radius 1 is 1.39 bits per heavy atom. The highest BCUT2D eigenvalue weighted by Crippen LogP contribution is 2.26. The van der Waals surface area contributed by atoms with Crippen molar-refractivity contribution in [3.63, 3.8) is 0 Å². The number of alkyl halides is 1. The Morgan fingerprint density at radius 2 is 2.11 bits per heavy atom. The van der Waals surface area contributed by atoms with Gasteiger partial charge >= 0.3 is 0 Å². The fourth-order valence-corrected chi connectivity index (χ4v) is 1.46. The van der Waals surface area contributed by atoms with E-state index in [0.29, 0.717) is 23.7 Å². The topological polar surface area (TPSA) is 66.0 Å². The van der Waals surface area contributed by atoms with Crippen molar-refractivity contribution in [1.29, 1.82) is 10.5 Å². The molecule has 0 amide bonds. The normalized spacial score (nSPS) is 8.89. The number of nitriles is 2. The van der Waals surface area contributed by atoms with E-state index in [2.05, 4.69) is 15.9 Å². The third-order valence-electron chi connectivity index (χ3n) is 2.09. The van der Waals surface area contributed by atoms with Crippen LogP contribution in [0.3, 0.4) is 0 Å². The fourth-order valence-electron chi connectivity index (χ4n) is 1.30. The van der Waals surface area contributed by atoms with E-state index in [0.717, 1.165) is 5.33 Å². The molecule has 0 aliphatic carbocycles. The molecule has 0 atom stereocenters. The van der Waals surface area contributed by atoms with Crippen LogP contribution in [0.25, 0.3) is 6.08 Å². The Balaban J connectivity index is 3.05. The quantitative estimate of drug-likeness (QED) is 0.619. The molecule has 1 rings (SSSR count). The Morgan fingerprint density at radius 3 is 2.67 bits per heavy atom. The van der Waals surface area contributed by atoms with Gasteiger partial charge in [0, 0.05) is 17.0 Å². The zero-order valence-corrected chi connectivity index (χ0v) is 11.4. The molecule has 0 bridgehead atoms. The van der Waals surface area contributed by atoms with Crippen LogP contribution in [-0.4, -0.2) is 19.0 Å². The number of nitrogens with zero attached hydrogens (tertiary/aromatic N) is 2. The van der Waals surface area contributed by atoms with Gasteiger partial charge in [0.25, 0.3) is 0 Å². The number of ether oxygens (including phenoxy) is 2. The predicted molar refractivity (Wildman–Crippen MR) is 71.5 cm³/mol. The molecule has 0 fully saturated rings. The molecule has 0 unspecified atom stereocenters. The van der Waals surface area contributed by atoms with Gasteiger partial charge in [0.2, 0.25) is 0 Å². The number of rotatable bonds is 5. The molecule has 0 aliphatic heterocycles. The van der Waals surface area contributed by atoms with Crippen LogP contribution in [0.2, 0.25) is 0 Å². The van der Waals surface area contributed by atoms with Gasteiger partial charge in [0.1, 0.15) is 29.2 Å². The lowest BCUT2D eigenvalue weighted by Crippen LogP contribution is -1.98. The first-order valence-corrected chi connectivity index (χ1v) is 6.26. The van der Waals surface area contributed by atoms with Crippen LogP contribution in [0.1, 0.15) is 5.56 Å². The third-order valence-corrected chi connectivity index (χ3v) is 2.42. The molecule has 4 nitrogen and oxygen atoms in total. The van der Waals surface area contributed by atoms with Crippen LogP contribution < -0.4 is 9.47 Å². The van der Waals surface area contributed by atoms with E-state index < -0.39 is 0 Å². The van der Waals surface area contributed by atoms with E-state index in [1.165, 1.54) is 13.2 Å². The number of benzene rings is 1. The van der Waals surface area contributed by atoms with Gasteiger partial charge in [-0.05, 0) is 18.2 Å². The number of hydrogen-bond donors (Lipinski definition) is 0. The number of hydrogen-bond acceptors (Lipinski definition) is 4. The summed E-state index contributed by atoms with van der Waals surface area (Å²) in [5.41, 5.74) is 0.698. The summed E-state index contributed by atoms with van der Waals surface area (Å²) in [5.74, 6) is 1.24. The maximum Gasteiger partial charge on any atom is 0.130 e. The van der Waals surface area contributed by atoms with E-state index in [9.17, 15) is 0 Å². The molecule has 92 valence electrons. The van der Waals surface area contributed by atoms with Gasteiger partial charge in [-0.15, -0.1) is 0 Å². The summed E-state index contributed by atoms with van der Waals surface area (Å²) in [4.78, 5) is 0. The highest BCUT2D eigenvalue weighted by molar-refractivity contribution is 9.09. The van der Waals surface area contributed by atoms with Crippen LogP contribution in [0.5, 0.6) is 11.5 Å². The fraction of sp³-hybridized carbons (Fsp3) is 0.231. The predicted octanol–water partition coefficient (Wildman–Crippen LogP) is 2.90. The lowest BCUT2D eigenvalue weighted by atomic mass is 10.1. The number of methoxy groups -OCH3 is 1. The van der Waals surface area contributed by atoms with Gasteiger partial charge in [-0.3, -0.25) is 0 Å². The second kappa shape index (κ2) is 7.37. The number of allylic oxidation sites excluding steroid dienone is 1. The SMILES string of the molecule is COc1cc(OCCBr)ccc1C=C(C#N)C#N. The Hall–Kier alpha value is -1.98. The molecule has 0 aliphatic rings. The van der Waals surface area contributed by atoms with Gasteiger partial charge in [-0.25, -0.2) is 0 Å². The van der Waals surface area contributed by atoms with E-state index in [1.54, 1.807) is 18.2 Å². The lowest BCUT2D eigenvalue weighted by molar-refractivity contribution is 0.340. The summed E-state index contributed by atoms with van der Waals surface area (Å²) in [6.45, 7) is 0.556. The zero-order chi connectivity index (χ0) is 13.4. The minimum atomic E-state index is 0.0300. The minimum absolute atomic E-state index is 0.0300. The lowest BCUT2D eigenvalue weighted by Gasteiger charge is -2.09. The maximum absolute atomic E-state index is 8.71. The zero-order valence-electron chi connectivity index (χ0n) is 9.81. The Labute approximate surface area is 114 Å². The first-order valence-electron chi connectivity index (χ1n) is 5.14. The van der Waals surface area contributed by atoms with Crippen molar-refractivity contribution >= 4 is 22.0 Å². The summed E-state index contributed by atoms with van der Waals surface area (Å²) in [6.07, 6.45) is 1.48. The van der Waals surface area contributed by atoms with E-state index >= 15 is 0 Å². The van der Waals surface area contributed by atoms with Gasteiger partial charge in [-0.1, -0.05) is 15.9 Å². The van der Waals surface area contributed by atoms with Crippen LogP contribution in [0.15, 0.2) is 23.8 Å². The van der Waals surface area contributed by atoms with Crippen LogP contribution >= 0.6 is 15.9 Å². The highest BCUT2D eigenvalue weighted by Gasteiger charge is 2.04. The Bertz CT molecular complexity index is 511. The van der Waals surface area contributed by atoms with E-state index in [1.807, 2.05) is 12.1 Å². The van der Waals surface area contributed by atoms with Crippen molar-refractivity contribution in [2.24, 2.45) is 0 Å². The molecule has 0 radical (unpaired) electrons. The molecule has 18 heavy (non-hydrogen) atoms. The van der Waals surface area contributed by atoms with Crippen molar-refractivity contribution in [1.82, 2.24) is 0 Å². The van der Waals surface area contributed by atoms with Crippen molar-refractivity contribution in [2.75, 3.05) is 19.0 Å². The summed E-state index contributed by atoms with van der Waals surface area (Å²) in [7, 11) is 1.53. The largest absolute Gasteiger partial charge is 0.496 e. The summed E-state index contributed by atoms with van der Waals surface area (Å²) in [6, 6.07) is 8.85. The van der Waals surface area contributed by atoms with Gasteiger partial charge in [0.05, 0.1) is 13.7 Å². The molecule has 0 saturated carbocycles. The molecule has 0 N–H and O–H groups in total. The average Bonchev–Trinajstić information content (AvgIpc) is 2.43. The Kier molecular flexibility index (Phi) is 5.76. The standard InChI is InChI=1S/C13H11BrN2O2/c1-17-13-7-12(18-5-4-14)3-2-11(13)6-10(8-15)9-16/h2-3,6-7H,4-5H2,1H3. The molecule has 0 saturated heterocycles. The summed E-state index contributed by atoms with van der Waals surface area (Å²) < 4.78 is 10.6. The molecule has 5 heteroatoms. The third kappa shape index (κ3) is 3.80. The van der Waals surface area contributed by atoms with Crippen molar-refractivity contribution in [3.8, 4) is 23.6 Å². The van der Waals surface area contributed by atoms with Gasteiger partial charge < -0.3 is 9.47 Å². The molecular weight excluding hydrogens is 296 g/mol. The summed E-state index contributed by atoms with van der Waals surface area (Å²) in [5, 5.41) is 18.2. The van der Waals surface area contributed by atoms with Crippen molar-refractivity contribution in [3.05, 3.63) is 29.3 Å². The smallest absolute Gasteiger partial charge is 0.130 e. The monoisotopic (exact) mass is 306 g/mol. The second-order valence-electron chi connectivity index (χ2n) is 3.22. The molecule has 0 spiro atoms. The van der Waals surface area contributed by atoms with E-state index in [4.69, 9.17) is 20.0 Å². The summed E-state index contributed by atoms with van der Waals surface area (Å²) >= 11 is 3.27. The molecule has 1 aromatic rings. The van der Waals surface area contributed by atoms with E-state index in [-0.39, 0.29) is 5.57 Å². The minimum Gasteiger partial charge on any atom is -0.496 e. The first kappa shape index (κ1) is 14.1. The molecule has 0 aromatic heterocycles. The van der Waals surface area contributed by atoms with Crippen LogP contribution in [-0.2, 0) is 0 Å². The molecule has 0 heterocycles.